The van der Waals surface area contributed by atoms with Gasteiger partial charge in [0, 0.05) is 14.5 Å². The van der Waals surface area contributed by atoms with Crippen LogP contribution < -0.4 is 0 Å². The monoisotopic (exact) mass is 381 g/mol. The van der Waals surface area contributed by atoms with Gasteiger partial charge in [0.15, 0.2) is 0 Å². The third-order valence-electron chi connectivity index (χ3n) is 2.93. The molecule has 1 nitrogen and oxygen atoms in total. The van der Waals surface area contributed by atoms with Crippen LogP contribution in [0.4, 0.5) is 0 Å². The van der Waals surface area contributed by atoms with E-state index < -0.39 is 17.0 Å². The van der Waals surface area contributed by atoms with E-state index in [1.54, 1.807) is 0 Å². The number of aromatic nitrogens is 1. The van der Waals surface area contributed by atoms with Crippen LogP contribution in [0, 0.1) is 0 Å². The molecule has 0 N–H and O–H groups in total. The molecule has 1 heterocycles. The van der Waals surface area contributed by atoms with Crippen molar-refractivity contribution >= 4 is 37.7 Å². The third-order valence-corrected chi connectivity index (χ3v) is 3.85. The summed E-state index contributed by atoms with van der Waals surface area (Å²) in [5.41, 5.74) is 1.28. The van der Waals surface area contributed by atoms with Crippen LogP contribution in [-0.4, -0.2) is 4.33 Å². The van der Waals surface area contributed by atoms with Crippen molar-refractivity contribution in [2.24, 2.45) is 0 Å². The average molecular weight is 382 g/mol. The van der Waals surface area contributed by atoms with Crippen LogP contribution >= 0.6 is 27.0 Å². The fourth-order valence-electron chi connectivity index (χ4n) is 2.01. The second-order valence-corrected chi connectivity index (χ2v) is 7.87. The molecule has 0 radical (unpaired) electrons. The van der Waals surface area contributed by atoms with Crippen LogP contribution in [0.1, 0.15) is 0 Å². The van der Waals surface area contributed by atoms with E-state index in [0.717, 1.165) is 0 Å². The van der Waals surface area contributed by atoms with E-state index in [4.69, 9.17) is 18.6 Å². The Balaban J connectivity index is 0.000000184. The van der Waals surface area contributed by atoms with Crippen molar-refractivity contribution in [3.63, 3.8) is 0 Å². The zero-order valence-electron chi connectivity index (χ0n) is 11.7. The Kier molecular flexibility index (Phi) is 8.01. The zero-order valence-corrected chi connectivity index (χ0v) is 15.7. The predicted molar refractivity (Wildman–Crippen MR) is 95.1 cm³/mol. The minimum Gasteiger partial charge on any atom is -0.319 e. The molecule has 22 heavy (non-hydrogen) atoms. The van der Waals surface area contributed by atoms with Gasteiger partial charge in [0.05, 0.1) is 0 Å². The molecule has 1 aromatic heterocycles. The van der Waals surface area contributed by atoms with E-state index in [9.17, 15) is 0 Å². The summed E-state index contributed by atoms with van der Waals surface area (Å²) in [6.45, 7) is 0. The maximum atomic E-state index is 4.89. The van der Waals surface area contributed by atoms with Gasteiger partial charge in [-0.3, -0.25) is 0 Å². The molecule has 0 unspecified atom stereocenters. The van der Waals surface area contributed by atoms with Gasteiger partial charge >= 0.3 is 35.6 Å². The quantitative estimate of drug-likeness (QED) is 0.255. The van der Waals surface area contributed by atoms with E-state index in [1.807, 2.05) is 30.3 Å². The van der Waals surface area contributed by atoms with E-state index in [2.05, 4.69) is 58.8 Å². The summed E-state index contributed by atoms with van der Waals surface area (Å²) >= 11 is -0.556. The second kappa shape index (κ2) is 10.1. The molecule has 5 heteroatoms. The van der Waals surface area contributed by atoms with Crippen LogP contribution in [0.3, 0.4) is 0 Å². The van der Waals surface area contributed by atoms with Gasteiger partial charge < -0.3 is 4.33 Å². The zero-order chi connectivity index (χ0) is 15.6. The number of hydrogen-bond donors (Lipinski definition) is 0. The second-order valence-electron chi connectivity index (χ2n) is 4.33. The number of hydrogen-bond acceptors (Lipinski definition) is 0. The number of rotatable bonds is 1. The molecule has 0 amide bonds. The van der Waals surface area contributed by atoms with Crippen molar-refractivity contribution in [3.05, 3.63) is 84.8 Å². The fourth-order valence-corrected chi connectivity index (χ4v) is 2.71. The first-order valence-electron chi connectivity index (χ1n) is 6.63. The van der Waals surface area contributed by atoms with Crippen LogP contribution in [0.2, 0.25) is 0 Å². The number of benzene rings is 1. The Morgan fingerprint density at radius 3 is 2.27 bits per heavy atom. The molecule has 112 valence electrons. The van der Waals surface area contributed by atoms with Gasteiger partial charge in [-0.1, -0.05) is 6.07 Å². The maximum absolute atomic E-state index is 4.89. The summed E-state index contributed by atoms with van der Waals surface area (Å²) in [5.74, 6) is 2.14. The smallest absolute Gasteiger partial charge is 0.0166 e. The van der Waals surface area contributed by atoms with Crippen LogP contribution in [0.5, 0.6) is 0 Å². The first-order valence-corrected chi connectivity index (χ1v) is 11.8. The summed E-state index contributed by atoms with van der Waals surface area (Å²) in [5, 5.41) is 2.64. The van der Waals surface area contributed by atoms with Crippen molar-refractivity contribution in [1.82, 2.24) is 4.33 Å². The summed E-state index contributed by atoms with van der Waals surface area (Å²) in [6, 6.07) is 25.0. The standard InChI is InChI=1S/C12H9NP.C5H5.2ClH.Ti/c1-2-5-11-9-12(8-10(11)4-1)13-6-3-7-14-13;1-2-4-5-3-1;;;/h1-9H;1-5H;2*1H;/q2*-1;;;+2/p-2. The molecule has 0 atom stereocenters. The van der Waals surface area contributed by atoms with Crippen molar-refractivity contribution in [3.8, 4) is 5.69 Å². The molecular formula is C17H14Cl2NPTi-2. The minimum absolute atomic E-state index is 0.556. The van der Waals surface area contributed by atoms with Crippen LogP contribution in [0.15, 0.2) is 84.8 Å². The van der Waals surface area contributed by atoms with Gasteiger partial charge in [-0.25, -0.2) is 12.1 Å². The SMILES string of the molecule is [Cl][Ti][Cl].c1cc[cH-]c1.c1ccc2[cH-]c(-n3cccp3)cc2c1. The van der Waals surface area contributed by atoms with Gasteiger partial charge in [0.1, 0.15) is 0 Å². The number of nitrogens with zero attached hydrogens (tertiary/aromatic N) is 1. The van der Waals surface area contributed by atoms with E-state index >= 15 is 0 Å². The summed E-state index contributed by atoms with van der Waals surface area (Å²) in [4.78, 5) is 0. The number of halogens is 2. The molecule has 0 fully saturated rings. The van der Waals surface area contributed by atoms with Crippen LogP contribution in [0.25, 0.3) is 16.5 Å². The first kappa shape index (κ1) is 17.5. The van der Waals surface area contributed by atoms with Crippen molar-refractivity contribution < 1.29 is 17.0 Å². The van der Waals surface area contributed by atoms with Crippen molar-refractivity contribution in [2.45, 2.75) is 0 Å². The molecule has 0 saturated carbocycles. The first-order chi connectivity index (χ1) is 10.8. The Morgan fingerprint density at radius 2 is 1.73 bits per heavy atom. The van der Waals surface area contributed by atoms with E-state index in [1.165, 1.54) is 24.8 Å². The molecule has 0 bridgehead atoms. The van der Waals surface area contributed by atoms with Gasteiger partial charge in [0.25, 0.3) is 0 Å². The molecule has 0 spiro atoms. The molecule has 0 aliphatic rings. The normalized spacial score (nSPS) is 9.73. The summed E-state index contributed by atoms with van der Waals surface area (Å²) in [7, 11) is 11.0. The molecule has 4 aromatic rings. The third kappa shape index (κ3) is 5.43. The van der Waals surface area contributed by atoms with E-state index in [0.29, 0.717) is 0 Å². The average Bonchev–Trinajstić information content (AvgIpc) is 3.29. The molecular weight excluding hydrogens is 368 g/mol. The topological polar surface area (TPSA) is 4.93 Å². The Bertz CT molecular complexity index is 698. The predicted octanol–water partition coefficient (Wildman–Crippen LogP) is 6.71. The Hall–Kier alpha value is -0.816. The van der Waals surface area contributed by atoms with E-state index in [-0.39, 0.29) is 0 Å². The van der Waals surface area contributed by atoms with Crippen LogP contribution in [-0.2, 0) is 17.0 Å². The van der Waals surface area contributed by atoms with Gasteiger partial charge in [-0.2, -0.15) is 18.2 Å². The summed E-state index contributed by atoms with van der Waals surface area (Å²) in [6.07, 6.45) is 2.11. The minimum atomic E-state index is -0.556. The fraction of sp³-hybridized carbons (Fsp3) is 0. The molecule has 0 aliphatic heterocycles. The van der Waals surface area contributed by atoms with Crippen molar-refractivity contribution in [1.29, 1.82) is 0 Å². The summed E-state index contributed by atoms with van der Waals surface area (Å²) < 4.78 is 2.22. The molecule has 0 aliphatic carbocycles. The molecule has 0 saturated heterocycles. The maximum Gasteiger partial charge on any atom is 0.0166 e. The molecule has 3 aromatic carbocycles. The Morgan fingerprint density at radius 1 is 1.00 bits per heavy atom. The van der Waals surface area contributed by atoms with Gasteiger partial charge in [-0.15, -0.1) is 41.1 Å². The molecule has 4 rings (SSSR count). The van der Waals surface area contributed by atoms with Gasteiger partial charge in [-0.05, 0) is 17.6 Å². The largest absolute Gasteiger partial charge is 0.319 e. The number of fused-ring (bicyclic) bond motifs is 1. The Labute approximate surface area is 149 Å². The van der Waals surface area contributed by atoms with Crippen molar-refractivity contribution in [2.75, 3.05) is 0 Å². The van der Waals surface area contributed by atoms with Gasteiger partial charge in [0.2, 0.25) is 0 Å².